The molecule has 0 unspecified atom stereocenters. The Balaban J connectivity index is 2.91. The van der Waals surface area contributed by atoms with Crippen LogP contribution in [0.4, 0.5) is 5.82 Å². The van der Waals surface area contributed by atoms with Crippen molar-refractivity contribution in [1.29, 1.82) is 0 Å². The molecule has 0 aromatic carbocycles. The molecule has 0 amide bonds. The highest BCUT2D eigenvalue weighted by atomic mass is 79.9. The molecule has 12 heavy (non-hydrogen) atoms. The summed E-state index contributed by atoms with van der Waals surface area (Å²) in [7, 11) is 0. The van der Waals surface area contributed by atoms with Crippen LogP contribution in [0.25, 0.3) is 0 Å². The van der Waals surface area contributed by atoms with Crippen LogP contribution in [0.5, 0.6) is 0 Å². The van der Waals surface area contributed by atoms with Gasteiger partial charge >= 0.3 is 0 Å². The summed E-state index contributed by atoms with van der Waals surface area (Å²) in [6.45, 7) is 0.574. The van der Waals surface area contributed by atoms with E-state index in [9.17, 15) is 4.91 Å². The van der Waals surface area contributed by atoms with Crippen LogP contribution in [-0.4, -0.2) is 15.5 Å². The van der Waals surface area contributed by atoms with E-state index in [4.69, 9.17) is 5.11 Å². The third-order valence-electron chi connectivity index (χ3n) is 1.47. The minimum absolute atomic E-state index is 0.0982. The Morgan fingerprint density at radius 3 is 3.00 bits per heavy atom. The fourth-order valence-electron chi connectivity index (χ4n) is 0.940. The van der Waals surface area contributed by atoms with Crippen LogP contribution in [0.2, 0.25) is 0 Å². The second-order valence-corrected chi connectivity index (χ2v) is 3.02. The lowest BCUT2D eigenvalue weighted by Gasteiger charge is -1.89. The maximum Gasteiger partial charge on any atom is 0.235 e. The number of halogens is 1. The van der Waals surface area contributed by atoms with Gasteiger partial charge in [0.05, 0.1) is 11.4 Å². The average Bonchev–Trinajstić information content (AvgIpc) is 2.48. The van der Waals surface area contributed by atoms with Crippen LogP contribution in [0.15, 0.2) is 11.2 Å². The van der Waals surface area contributed by atoms with Crippen LogP contribution in [-0.2, 0) is 13.2 Å². The first kappa shape index (κ1) is 9.34. The van der Waals surface area contributed by atoms with Crippen molar-refractivity contribution in [3.63, 3.8) is 0 Å². The van der Waals surface area contributed by atoms with E-state index in [2.05, 4.69) is 26.2 Å². The molecule has 0 bridgehead atoms. The summed E-state index contributed by atoms with van der Waals surface area (Å²) in [6.07, 6.45) is 0. The third-order valence-corrected chi connectivity index (χ3v) is 1.82. The molecule has 1 heterocycles. The van der Waals surface area contributed by atoms with Crippen molar-refractivity contribution in [3.8, 4) is 0 Å². The number of nitroso groups, excluding NO2 is 1. The van der Waals surface area contributed by atoms with Gasteiger partial charge in [0.2, 0.25) is 11.5 Å². The molecule has 5 nitrogen and oxygen atoms in total. The minimum atomic E-state index is -0.0982. The molecule has 6 heteroatoms. The van der Waals surface area contributed by atoms with Crippen LogP contribution in [0.1, 0.15) is 5.69 Å². The number of alkyl halides is 1. The summed E-state index contributed by atoms with van der Waals surface area (Å²) in [5.41, 5.74) is 0.657. The Bertz CT molecular complexity index is 274. The molecule has 0 spiro atoms. The maximum absolute atomic E-state index is 10.1. The number of nitrogens with zero attached hydrogens (tertiary/aromatic N) is 2. The number of aliphatic hydroxyl groups excluding tert-OH is 1. The molecule has 0 atom stereocenters. The topological polar surface area (TPSA) is 69.3 Å². The molecular formula is C6H9BrN3O2+. The first-order chi connectivity index (χ1) is 5.81. The van der Waals surface area contributed by atoms with E-state index < -0.39 is 0 Å². The van der Waals surface area contributed by atoms with Gasteiger partial charge in [-0.25, -0.2) is 0 Å². The van der Waals surface area contributed by atoms with Gasteiger partial charge in [-0.2, -0.15) is 0 Å². The molecule has 0 saturated heterocycles. The lowest BCUT2D eigenvalue weighted by molar-refractivity contribution is -0.753. The number of H-pyrrole nitrogens is 1. The number of nitrogens with one attached hydrogen (secondary N) is 1. The van der Waals surface area contributed by atoms with Gasteiger partial charge in [-0.1, -0.05) is 15.9 Å². The molecule has 1 aromatic heterocycles. The first-order valence-electron chi connectivity index (χ1n) is 3.43. The van der Waals surface area contributed by atoms with Crippen LogP contribution >= 0.6 is 15.9 Å². The predicted octanol–water partition coefficient (Wildman–Crippen LogP) is 0.587. The summed E-state index contributed by atoms with van der Waals surface area (Å²) < 4.78 is 1.67. The zero-order valence-electron chi connectivity index (χ0n) is 6.33. The second kappa shape index (κ2) is 4.32. The van der Waals surface area contributed by atoms with E-state index in [1.165, 1.54) is 6.07 Å². The van der Waals surface area contributed by atoms with Gasteiger partial charge in [-0.05, 0) is 5.18 Å². The lowest BCUT2D eigenvalue weighted by Crippen LogP contribution is -2.40. The number of rotatable bonds is 4. The minimum Gasteiger partial charge on any atom is -0.385 e. The van der Waals surface area contributed by atoms with Crippen LogP contribution < -0.4 is 4.68 Å². The van der Waals surface area contributed by atoms with Crippen molar-refractivity contribution in [2.75, 3.05) is 5.33 Å². The van der Waals surface area contributed by atoms with E-state index in [1.807, 2.05) is 0 Å². The number of hydrogen-bond donors (Lipinski definition) is 2. The number of aromatic nitrogens is 2. The van der Waals surface area contributed by atoms with Gasteiger partial charge < -0.3 is 5.11 Å². The SMILES string of the molecule is O=Nc1cc(CO)[n+](CCBr)[nH]1. The summed E-state index contributed by atoms with van der Waals surface area (Å²) in [6, 6.07) is 1.52. The first-order valence-corrected chi connectivity index (χ1v) is 4.56. The third kappa shape index (κ3) is 1.89. The zero-order chi connectivity index (χ0) is 8.97. The van der Waals surface area contributed by atoms with E-state index in [0.717, 1.165) is 5.33 Å². The Morgan fingerprint density at radius 1 is 1.75 bits per heavy atom. The Labute approximate surface area is 77.5 Å². The fraction of sp³-hybridized carbons (Fsp3) is 0.500. The van der Waals surface area contributed by atoms with Crippen molar-refractivity contribution < 1.29 is 9.79 Å². The highest BCUT2D eigenvalue weighted by Gasteiger charge is 2.14. The van der Waals surface area contributed by atoms with Crippen LogP contribution in [0.3, 0.4) is 0 Å². The molecule has 0 radical (unpaired) electrons. The van der Waals surface area contributed by atoms with Gasteiger partial charge in [0.1, 0.15) is 6.61 Å². The molecule has 1 rings (SSSR count). The molecular weight excluding hydrogens is 226 g/mol. The molecule has 0 aliphatic carbocycles. The Hall–Kier alpha value is -0.750. The zero-order valence-corrected chi connectivity index (χ0v) is 7.91. The van der Waals surface area contributed by atoms with E-state index in [1.54, 1.807) is 4.68 Å². The van der Waals surface area contributed by atoms with Crippen LogP contribution in [0, 0.1) is 4.91 Å². The number of aliphatic hydroxyl groups is 1. The summed E-state index contributed by atoms with van der Waals surface area (Å²) in [5.74, 6) is 0.236. The molecule has 0 aliphatic heterocycles. The predicted molar refractivity (Wildman–Crippen MR) is 46.2 cm³/mol. The summed E-state index contributed by atoms with van der Waals surface area (Å²) >= 11 is 3.25. The van der Waals surface area contributed by atoms with Gasteiger partial charge in [0, 0.05) is 0 Å². The largest absolute Gasteiger partial charge is 0.385 e. The quantitative estimate of drug-likeness (QED) is 0.455. The number of aryl methyl sites for hydroxylation is 1. The Kier molecular flexibility index (Phi) is 3.36. The molecule has 1 aromatic rings. The lowest BCUT2D eigenvalue weighted by atomic mass is 10.4. The molecule has 2 N–H and O–H groups in total. The highest BCUT2D eigenvalue weighted by molar-refractivity contribution is 9.09. The van der Waals surface area contributed by atoms with Gasteiger partial charge in [0.15, 0.2) is 6.54 Å². The molecule has 0 saturated carbocycles. The van der Waals surface area contributed by atoms with E-state index >= 15 is 0 Å². The maximum atomic E-state index is 10.1. The standard InChI is InChI=1S/C6H8BrN3O2/c7-1-2-10-5(4-11)3-6(8-10)9-12/h3,11H,1-2,4H2/p+1. The number of hydrogen-bond acceptors (Lipinski definition) is 3. The van der Waals surface area contributed by atoms with Crippen molar-refractivity contribution in [2.24, 2.45) is 5.18 Å². The Morgan fingerprint density at radius 2 is 2.50 bits per heavy atom. The smallest absolute Gasteiger partial charge is 0.235 e. The average molecular weight is 235 g/mol. The number of aromatic amines is 1. The van der Waals surface area contributed by atoms with E-state index in [-0.39, 0.29) is 12.4 Å². The van der Waals surface area contributed by atoms with Gasteiger partial charge in [0.25, 0.3) is 0 Å². The summed E-state index contributed by atoms with van der Waals surface area (Å²) in [5, 5.41) is 15.1. The summed E-state index contributed by atoms with van der Waals surface area (Å²) in [4.78, 5) is 10.1. The van der Waals surface area contributed by atoms with Gasteiger partial charge in [-0.15, -0.1) is 14.7 Å². The van der Waals surface area contributed by atoms with Crippen molar-refractivity contribution >= 4 is 21.7 Å². The normalized spacial score (nSPS) is 10.2. The second-order valence-electron chi connectivity index (χ2n) is 2.22. The van der Waals surface area contributed by atoms with Crippen molar-refractivity contribution in [2.45, 2.75) is 13.2 Å². The van der Waals surface area contributed by atoms with Crippen molar-refractivity contribution in [3.05, 3.63) is 16.7 Å². The fourth-order valence-corrected chi connectivity index (χ4v) is 1.29. The highest BCUT2D eigenvalue weighted by Crippen LogP contribution is 2.06. The molecule has 66 valence electrons. The molecule has 0 fully saturated rings. The monoisotopic (exact) mass is 234 g/mol. The van der Waals surface area contributed by atoms with Gasteiger partial charge in [-0.3, -0.25) is 0 Å². The van der Waals surface area contributed by atoms with Crippen molar-refractivity contribution in [1.82, 2.24) is 5.10 Å². The van der Waals surface area contributed by atoms with E-state index in [0.29, 0.717) is 12.2 Å². The molecule has 0 aliphatic rings.